The Hall–Kier alpha value is -0.930. The zero-order valence-electron chi connectivity index (χ0n) is 8.73. The Morgan fingerprint density at radius 2 is 2.36 bits per heavy atom. The standard InChI is InChI=1S/C11H17NO2/c1-9-5-6-12-8-10(9)11(13)4-3-7-14-2/h5-6,8,11,13H,3-4,7H2,1-2H3. The molecular weight excluding hydrogens is 178 g/mol. The van der Waals surface area contributed by atoms with Crippen molar-refractivity contribution < 1.29 is 9.84 Å². The smallest absolute Gasteiger partial charge is 0.0808 e. The molecule has 1 rings (SSSR count). The molecule has 3 nitrogen and oxygen atoms in total. The van der Waals surface area contributed by atoms with Crippen molar-refractivity contribution in [2.24, 2.45) is 0 Å². The Labute approximate surface area is 84.7 Å². The first kappa shape index (κ1) is 11.1. The van der Waals surface area contributed by atoms with Crippen LogP contribution >= 0.6 is 0 Å². The van der Waals surface area contributed by atoms with Crippen LogP contribution in [0.4, 0.5) is 0 Å². The van der Waals surface area contributed by atoms with Crippen LogP contribution < -0.4 is 0 Å². The van der Waals surface area contributed by atoms with Gasteiger partial charge in [-0.3, -0.25) is 4.98 Å². The van der Waals surface area contributed by atoms with Crippen LogP contribution in [0.3, 0.4) is 0 Å². The molecule has 0 aliphatic heterocycles. The zero-order valence-corrected chi connectivity index (χ0v) is 8.73. The van der Waals surface area contributed by atoms with Crippen LogP contribution in [0.5, 0.6) is 0 Å². The van der Waals surface area contributed by atoms with Gasteiger partial charge in [-0.05, 0) is 31.4 Å². The highest BCUT2D eigenvalue weighted by Crippen LogP contribution is 2.20. The number of hydrogen-bond acceptors (Lipinski definition) is 3. The quantitative estimate of drug-likeness (QED) is 0.729. The van der Waals surface area contributed by atoms with E-state index in [1.807, 2.05) is 13.0 Å². The van der Waals surface area contributed by atoms with Crippen LogP contribution in [-0.4, -0.2) is 23.8 Å². The van der Waals surface area contributed by atoms with Crippen molar-refractivity contribution >= 4 is 0 Å². The highest BCUT2D eigenvalue weighted by atomic mass is 16.5. The van der Waals surface area contributed by atoms with Crippen molar-refractivity contribution in [3.05, 3.63) is 29.6 Å². The Morgan fingerprint density at radius 3 is 3.00 bits per heavy atom. The molecule has 1 atom stereocenters. The average molecular weight is 195 g/mol. The molecular formula is C11H17NO2. The van der Waals surface area contributed by atoms with Crippen molar-refractivity contribution in [1.82, 2.24) is 4.98 Å². The van der Waals surface area contributed by atoms with E-state index in [4.69, 9.17) is 4.74 Å². The summed E-state index contributed by atoms with van der Waals surface area (Å²) in [6.45, 7) is 2.67. The van der Waals surface area contributed by atoms with Crippen molar-refractivity contribution in [2.45, 2.75) is 25.9 Å². The molecule has 1 unspecified atom stereocenters. The molecule has 3 heteroatoms. The fraction of sp³-hybridized carbons (Fsp3) is 0.545. The summed E-state index contributed by atoms with van der Waals surface area (Å²) in [6.07, 6.45) is 4.64. The number of methoxy groups -OCH3 is 1. The van der Waals surface area contributed by atoms with E-state index in [2.05, 4.69) is 4.98 Å². The Balaban J connectivity index is 2.51. The van der Waals surface area contributed by atoms with Gasteiger partial charge in [0.2, 0.25) is 0 Å². The minimum Gasteiger partial charge on any atom is -0.388 e. The van der Waals surface area contributed by atoms with Crippen LogP contribution in [-0.2, 0) is 4.74 Å². The summed E-state index contributed by atoms with van der Waals surface area (Å²) in [5.41, 5.74) is 2.01. The second kappa shape index (κ2) is 5.73. The summed E-state index contributed by atoms with van der Waals surface area (Å²) in [7, 11) is 1.67. The van der Waals surface area contributed by atoms with E-state index in [0.29, 0.717) is 6.61 Å². The average Bonchev–Trinajstić information content (AvgIpc) is 2.18. The van der Waals surface area contributed by atoms with Crippen LogP contribution in [0.25, 0.3) is 0 Å². The third-order valence-electron chi connectivity index (χ3n) is 2.26. The number of nitrogens with zero attached hydrogens (tertiary/aromatic N) is 1. The van der Waals surface area contributed by atoms with Gasteiger partial charge in [0.15, 0.2) is 0 Å². The van der Waals surface area contributed by atoms with Crippen LogP contribution in [0.15, 0.2) is 18.5 Å². The van der Waals surface area contributed by atoms with E-state index in [1.165, 1.54) is 0 Å². The lowest BCUT2D eigenvalue weighted by molar-refractivity contribution is 0.135. The van der Waals surface area contributed by atoms with Gasteiger partial charge in [-0.25, -0.2) is 0 Å². The van der Waals surface area contributed by atoms with Crippen molar-refractivity contribution in [3.8, 4) is 0 Å². The molecule has 0 bridgehead atoms. The number of pyridine rings is 1. The van der Waals surface area contributed by atoms with Gasteiger partial charge in [-0.1, -0.05) is 0 Å². The molecule has 0 aromatic carbocycles. The summed E-state index contributed by atoms with van der Waals surface area (Å²) >= 11 is 0. The topological polar surface area (TPSA) is 42.4 Å². The number of rotatable bonds is 5. The van der Waals surface area contributed by atoms with Gasteiger partial charge < -0.3 is 9.84 Å². The summed E-state index contributed by atoms with van der Waals surface area (Å²) < 4.78 is 4.93. The van der Waals surface area contributed by atoms with Gasteiger partial charge in [-0.15, -0.1) is 0 Å². The van der Waals surface area contributed by atoms with Gasteiger partial charge in [-0.2, -0.15) is 0 Å². The molecule has 0 aliphatic rings. The first-order valence-electron chi connectivity index (χ1n) is 4.83. The Morgan fingerprint density at radius 1 is 1.57 bits per heavy atom. The van der Waals surface area contributed by atoms with Gasteiger partial charge in [0.25, 0.3) is 0 Å². The van der Waals surface area contributed by atoms with Crippen LogP contribution in [0, 0.1) is 6.92 Å². The Kier molecular flexibility index (Phi) is 4.56. The Bertz CT molecular complexity index is 276. The molecule has 1 N–H and O–H groups in total. The number of aliphatic hydroxyl groups is 1. The maximum Gasteiger partial charge on any atom is 0.0808 e. The summed E-state index contributed by atoms with van der Waals surface area (Å²) in [5.74, 6) is 0. The van der Waals surface area contributed by atoms with E-state index in [9.17, 15) is 5.11 Å². The molecule has 0 spiro atoms. The third-order valence-corrected chi connectivity index (χ3v) is 2.26. The second-order valence-corrected chi connectivity index (χ2v) is 3.38. The summed E-state index contributed by atoms with van der Waals surface area (Å²) in [5, 5.41) is 9.83. The largest absolute Gasteiger partial charge is 0.388 e. The van der Waals surface area contributed by atoms with Gasteiger partial charge in [0.05, 0.1) is 6.10 Å². The molecule has 0 saturated heterocycles. The zero-order chi connectivity index (χ0) is 10.4. The SMILES string of the molecule is COCCCC(O)c1cnccc1C. The number of aryl methyl sites for hydroxylation is 1. The molecule has 78 valence electrons. The number of aromatic nitrogens is 1. The molecule has 14 heavy (non-hydrogen) atoms. The van der Waals surface area contributed by atoms with E-state index in [-0.39, 0.29) is 0 Å². The van der Waals surface area contributed by atoms with Crippen molar-refractivity contribution in [2.75, 3.05) is 13.7 Å². The number of aliphatic hydroxyl groups excluding tert-OH is 1. The third kappa shape index (κ3) is 3.09. The lowest BCUT2D eigenvalue weighted by atomic mass is 10.0. The van der Waals surface area contributed by atoms with Gasteiger partial charge >= 0.3 is 0 Å². The van der Waals surface area contributed by atoms with E-state index >= 15 is 0 Å². The minimum atomic E-state index is -0.418. The molecule has 0 radical (unpaired) electrons. The van der Waals surface area contributed by atoms with E-state index < -0.39 is 6.10 Å². The highest BCUT2D eigenvalue weighted by molar-refractivity contribution is 5.23. The first-order valence-corrected chi connectivity index (χ1v) is 4.83. The predicted molar refractivity (Wildman–Crippen MR) is 55.0 cm³/mol. The van der Waals surface area contributed by atoms with Crippen LogP contribution in [0.1, 0.15) is 30.1 Å². The molecule has 1 aromatic heterocycles. The summed E-state index contributed by atoms with van der Waals surface area (Å²) in [6, 6.07) is 1.91. The normalized spacial score (nSPS) is 12.8. The maximum absolute atomic E-state index is 9.83. The molecule has 0 aliphatic carbocycles. The molecule has 0 saturated carbocycles. The summed E-state index contributed by atoms with van der Waals surface area (Å²) in [4.78, 5) is 4.00. The second-order valence-electron chi connectivity index (χ2n) is 3.38. The first-order chi connectivity index (χ1) is 6.75. The minimum absolute atomic E-state index is 0.418. The molecule has 1 heterocycles. The van der Waals surface area contributed by atoms with Crippen molar-refractivity contribution in [3.63, 3.8) is 0 Å². The molecule has 0 fully saturated rings. The highest BCUT2D eigenvalue weighted by Gasteiger charge is 2.09. The van der Waals surface area contributed by atoms with Gasteiger partial charge in [0, 0.05) is 31.7 Å². The molecule has 0 amide bonds. The molecule has 1 aromatic rings. The number of hydrogen-bond donors (Lipinski definition) is 1. The maximum atomic E-state index is 9.83. The fourth-order valence-corrected chi connectivity index (χ4v) is 1.40. The van der Waals surface area contributed by atoms with Gasteiger partial charge in [0.1, 0.15) is 0 Å². The lowest BCUT2D eigenvalue weighted by Gasteiger charge is -2.12. The lowest BCUT2D eigenvalue weighted by Crippen LogP contribution is -2.02. The fourth-order valence-electron chi connectivity index (χ4n) is 1.40. The van der Waals surface area contributed by atoms with E-state index in [1.54, 1.807) is 19.5 Å². The van der Waals surface area contributed by atoms with E-state index in [0.717, 1.165) is 24.0 Å². The van der Waals surface area contributed by atoms with Crippen LogP contribution in [0.2, 0.25) is 0 Å². The van der Waals surface area contributed by atoms with Crippen molar-refractivity contribution in [1.29, 1.82) is 0 Å². The predicted octanol–water partition coefficient (Wildman–Crippen LogP) is 1.85. The monoisotopic (exact) mass is 195 g/mol. The number of ether oxygens (including phenoxy) is 1.